The maximum absolute atomic E-state index is 11.1. The van der Waals surface area contributed by atoms with E-state index in [0.717, 1.165) is 5.39 Å². The average Bonchev–Trinajstić information content (AvgIpc) is 2.07. The Morgan fingerprint density at radius 2 is 1.92 bits per heavy atom. The lowest BCUT2D eigenvalue weighted by Gasteiger charge is -2.00. The van der Waals surface area contributed by atoms with Gasteiger partial charge in [-0.3, -0.25) is 4.79 Å². The Bertz CT molecular complexity index is 518. The van der Waals surface area contributed by atoms with Crippen molar-refractivity contribution in [2.75, 3.05) is 0 Å². The van der Waals surface area contributed by atoms with Gasteiger partial charge in [-0.05, 0) is 6.07 Å². The van der Waals surface area contributed by atoms with Gasteiger partial charge in [0.15, 0.2) is 0 Å². The molecule has 2 rings (SSSR count). The van der Waals surface area contributed by atoms with E-state index in [-0.39, 0.29) is 5.56 Å². The molecule has 0 radical (unpaired) electrons. The Morgan fingerprint density at radius 3 is 2.69 bits per heavy atom. The number of H-pyrrole nitrogens is 1. The number of hydrogen-bond acceptors (Lipinski definition) is 1. The molecule has 0 aliphatic rings. The van der Waals surface area contributed by atoms with Crippen LogP contribution in [0.3, 0.4) is 0 Å². The molecule has 1 heterocycles. The van der Waals surface area contributed by atoms with Gasteiger partial charge in [-0.25, -0.2) is 0 Å². The molecule has 2 aromatic rings. The molecular weight excluding hydrogens is 209 g/mol. The minimum Gasteiger partial charge on any atom is -0.321 e. The molecule has 0 atom stereocenters. The summed E-state index contributed by atoms with van der Waals surface area (Å²) in [6.45, 7) is 0. The topological polar surface area (TPSA) is 32.9 Å². The Hall–Kier alpha value is -0.990. The van der Waals surface area contributed by atoms with E-state index in [1.165, 1.54) is 6.07 Å². The summed E-state index contributed by atoms with van der Waals surface area (Å²) < 4.78 is 0. The van der Waals surface area contributed by atoms with E-state index in [4.69, 9.17) is 23.2 Å². The molecule has 0 saturated heterocycles. The molecule has 0 spiro atoms. The van der Waals surface area contributed by atoms with Crippen LogP contribution in [0.25, 0.3) is 10.9 Å². The highest BCUT2D eigenvalue weighted by molar-refractivity contribution is 6.39. The lowest BCUT2D eigenvalue weighted by Crippen LogP contribution is -2.03. The SMILES string of the molecule is O=c1cc(Cl)c2cccc(Cl)c2[nH]1. The molecule has 0 unspecified atom stereocenters. The van der Waals surface area contributed by atoms with Crippen molar-refractivity contribution in [3.63, 3.8) is 0 Å². The van der Waals surface area contributed by atoms with Crippen molar-refractivity contribution in [2.45, 2.75) is 0 Å². The Balaban J connectivity index is 3.03. The molecular formula is C9H5Cl2NO. The van der Waals surface area contributed by atoms with Crippen LogP contribution < -0.4 is 5.56 Å². The number of nitrogens with one attached hydrogen (secondary N) is 1. The fraction of sp³-hybridized carbons (Fsp3) is 0. The molecule has 1 N–H and O–H groups in total. The van der Waals surface area contributed by atoms with Gasteiger partial charge in [-0.1, -0.05) is 35.3 Å². The second-order valence-electron chi connectivity index (χ2n) is 2.64. The lowest BCUT2D eigenvalue weighted by atomic mass is 10.2. The summed E-state index contributed by atoms with van der Waals surface area (Å²) >= 11 is 11.7. The second kappa shape index (κ2) is 3.05. The molecule has 0 amide bonds. The van der Waals surface area contributed by atoms with E-state index in [2.05, 4.69) is 4.98 Å². The lowest BCUT2D eigenvalue weighted by molar-refractivity contribution is 1.31. The first-order chi connectivity index (χ1) is 6.18. The summed E-state index contributed by atoms with van der Waals surface area (Å²) in [6.07, 6.45) is 0. The first kappa shape index (κ1) is 8.60. The molecule has 1 aromatic carbocycles. The molecule has 0 aliphatic carbocycles. The van der Waals surface area contributed by atoms with Crippen LogP contribution in [-0.4, -0.2) is 4.98 Å². The third-order valence-corrected chi connectivity index (χ3v) is 2.40. The maximum Gasteiger partial charge on any atom is 0.249 e. The molecule has 0 aliphatic heterocycles. The van der Waals surface area contributed by atoms with Crippen molar-refractivity contribution in [2.24, 2.45) is 0 Å². The largest absolute Gasteiger partial charge is 0.321 e. The van der Waals surface area contributed by atoms with E-state index < -0.39 is 0 Å². The summed E-state index contributed by atoms with van der Waals surface area (Å²) in [4.78, 5) is 13.7. The van der Waals surface area contributed by atoms with Gasteiger partial charge in [0.2, 0.25) is 5.56 Å². The van der Waals surface area contributed by atoms with Crippen molar-refractivity contribution in [3.8, 4) is 0 Å². The third-order valence-electron chi connectivity index (χ3n) is 1.78. The monoisotopic (exact) mass is 213 g/mol. The predicted molar refractivity (Wildman–Crippen MR) is 54.6 cm³/mol. The fourth-order valence-electron chi connectivity index (χ4n) is 1.20. The number of fused-ring (bicyclic) bond motifs is 1. The number of benzene rings is 1. The number of para-hydroxylation sites is 1. The van der Waals surface area contributed by atoms with Gasteiger partial charge in [0.1, 0.15) is 0 Å². The normalized spacial score (nSPS) is 10.6. The van der Waals surface area contributed by atoms with Gasteiger partial charge in [0.05, 0.1) is 15.6 Å². The van der Waals surface area contributed by atoms with Gasteiger partial charge in [0, 0.05) is 11.5 Å². The highest BCUT2D eigenvalue weighted by Crippen LogP contribution is 2.25. The second-order valence-corrected chi connectivity index (χ2v) is 3.46. The zero-order valence-electron chi connectivity index (χ0n) is 6.47. The van der Waals surface area contributed by atoms with Crippen LogP contribution in [-0.2, 0) is 0 Å². The van der Waals surface area contributed by atoms with Crippen LogP contribution in [0.5, 0.6) is 0 Å². The smallest absolute Gasteiger partial charge is 0.249 e. The molecule has 2 nitrogen and oxygen atoms in total. The first-order valence-corrected chi connectivity index (χ1v) is 4.41. The van der Waals surface area contributed by atoms with E-state index in [9.17, 15) is 4.79 Å². The van der Waals surface area contributed by atoms with Crippen molar-refractivity contribution in [1.29, 1.82) is 0 Å². The third kappa shape index (κ3) is 1.43. The van der Waals surface area contributed by atoms with Gasteiger partial charge in [-0.15, -0.1) is 0 Å². The number of hydrogen-bond donors (Lipinski definition) is 1. The number of rotatable bonds is 0. The molecule has 13 heavy (non-hydrogen) atoms. The van der Waals surface area contributed by atoms with E-state index in [1.807, 2.05) is 0 Å². The van der Waals surface area contributed by atoms with Gasteiger partial charge in [0.25, 0.3) is 0 Å². The summed E-state index contributed by atoms with van der Waals surface area (Å²) in [6, 6.07) is 6.63. The first-order valence-electron chi connectivity index (χ1n) is 3.65. The Morgan fingerprint density at radius 1 is 1.15 bits per heavy atom. The summed E-state index contributed by atoms with van der Waals surface area (Å²) in [5, 5.41) is 1.67. The molecule has 0 saturated carbocycles. The van der Waals surface area contributed by atoms with Gasteiger partial charge >= 0.3 is 0 Å². The molecule has 0 fully saturated rings. The van der Waals surface area contributed by atoms with Gasteiger partial charge < -0.3 is 4.98 Å². The summed E-state index contributed by atoms with van der Waals surface area (Å²) in [5.41, 5.74) is 0.340. The van der Waals surface area contributed by atoms with Crippen LogP contribution in [0.4, 0.5) is 0 Å². The van der Waals surface area contributed by atoms with E-state index in [1.54, 1.807) is 18.2 Å². The van der Waals surface area contributed by atoms with E-state index >= 15 is 0 Å². The molecule has 0 bridgehead atoms. The van der Waals surface area contributed by atoms with Crippen LogP contribution >= 0.6 is 23.2 Å². The Kier molecular flexibility index (Phi) is 2.02. The van der Waals surface area contributed by atoms with E-state index in [0.29, 0.717) is 15.6 Å². The highest BCUT2D eigenvalue weighted by Gasteiger charge is 2.03. The number of aromatic nitrogens is 1. The van der Waals surface area contributed by atoms with Crippen LogP contribution in [0.1, 0.15) is 0 Å². The average molecular weight is 214 g/mol. The predicted octanol–water partition coefficient (Wildman–Crippen LogP) is 2.83. The molecule has 1 aromatic heterocycles. The standard InChI is InChI=1S/C9H5Cl2NO/c10-6-3-1-2-5-7(11)4-8(13)12-9(5)6/h1-4H,(H,12,13). The van der Waals surface area contributed by atoms with Crippen LogP contribution in [0.2, 0.25) is 10.0 Å². The zero-order chi connectivity index (χ0) is 9.42. The number of aromatic amines is 1. The summed E-state index contributed by atoms with van der Waals surface area (Å²) in [5.74, 6) is 0. The minimum atomic E-state index is -0.245. The molecule has 4 heteroatoms. The molecule has 66 valence electrons. The zero-order valence-corrected chi connectivity index (χ0v) is 7.99. The van der Waals surface area contributed by atoms with Crippen molar-refractivity contribution >= 4 is 34.1 Å². The number of halogens is 2. The summed E-state index contributed by atoms with van der Waals surface area (Å²) in [7, 11) is 0. The quantitative estimate of drug-likeness (QED) is 0.718. The van der Waals surface area contributed by atoms with Crippen LogP contribution in [0, 0.1) is 0 Å². The van der Waals surface area contributed by atoms with Crippen LogP contribution in [0.15, 0.2) is 29.1 Å². The van der Waals surface area contributed by atoms with Crippen molar-refractivity contribution in [3.05, 3.63) is 44.7 Å². The Labute approximate surface area is 84.1 Å². The minimum absolute atomic E-state index is 0.245. The van der Waals surface area contributed by atoms with Crippen molar-refractivity contribution < 1.29 is 0 Å². The van der Waals surface area contributed by atoms with Crippen molar-refractivity contribution in [1.82, 2.24) is 4.98 Å². The number of pyridine rings is 1. The highest BCUT2D eigenvalue weighted by atomic mass is 35.5. The fourth-order valence-corrected chi connectivity index (χ4v) is 1.68. The van der Waals surface area contributed by atoms with Gasteiger partial charge in [-0.2, -0.15) is 0 Å². The maximum atomic E-state index is 11.1.